The van der Waals surface area contributed by atoms with Crippen LogP contribution in [0.15, 0.2) is 23.1 Å². The Morgan fingerprint density at radius 1 is 1.16 bits per heavy atom. The number of carbonyl (C=O) groups is 1. The van der Waals surface area contributed by atoms with Crippen molar-refractivity contribution < 1.29 is 13.2 Å². The number of nitrogens with zero attached hydrogens (tertiary/aromatic N) is 1. The molecule has 1 aromatic rings. The van der Waals surface area contributed by atoms with E-state index in [1.54, 1.807) is 6.07 Å². The number of carbonyl (C=O) groups excluding carboxylic acids is 1. The summed E-state index contributed by atoms with van der Waals surface area (Å²) in [6, 6.07) is 4.72. The molecule has 25 heavy (non-hydrogen) atoms. The summed E-state index contributed by atoms with van der Waals surface area (Å²) in [6.07, 6.45) is 0.968. The molecule has 1 heterocycles. The van der Waals surface area contributed by atoms with Crippen molar-refractivity contribution in [2.75, 3.05) is 13.1 Å². The summed E-state index contributed by atoms with van der Waals surface area (Å²) in [5.41, 5.74) is 0. The Morgan fingerprint density at radius 3 is 2.16 bits per heavy atom. The molecule has 0 aromatic heterocycles. The normalized spacial score (nSPS) is 18.3. The zero-order valence-corrected chi connectivity index (χ0v) is 17.0. The summed E-state index contributed by atoms with van der Waals surface area (Å²) in [7, 11) is -3.77. The molecular formula is C17H24Cl2N2O3S. The predicted molar refractivity (Wildman–Crippen MR) is 100 cm³/mol. The molecule has 140 valence electrons. The molecule has 1 amide bonds. The monoisotopic (exact) mass is 406 g/mol. The van der Waals surface area contributed by atoms with Gasteiger partial charge in [0.2, 0.25) is 15.9 Å². The number of nitrogens with one attached hydrogen (secondary N) is 1. The molecule has 0 saturated carbocycles. The molecule has 1 aliphatic heterocycles. The number of rotatable bonds is 5. The summed E-state index contributed by atoms with van der Waals surface area (Å²) >= 11 is 12.1. The van der Waals surface area contributed by atoms with Gasteiger partial charge in [-0.15, -0.1) is 0 Å². The van der Waals surface area contributed by atoms with Gasteiger partial charge in [0.1, 0.15) is 4.90 Å². The van der Waals surface area contributed by atoms with Crippen LogP contribution in [0.2, 0.25) is 10.0 Å². The van der Waals surface area contributed by atoms with Gasteiger partial charge in [-0.05, 0) is 37.8 Å². The van der Waals surface area contributed by atoms with Crippen LogP contribution in [-0.4, -0.2) is 37.8 Å². The molecule has 0 aliphatic carbocycles. The number of amides is 1. The lowest BCUT2D eigenvalue weighted by atomic mass is 9.96. The maximum Gasteiger partial charge on any atom is 0.246 e. The first kappa shape index (κ1) is 20.5. The van der Waals surface area contributed by atoms with Crippen molar-refractivity contribution in [3.05, 3.63) is 28.2 Å². The number of hydrogen-bond acceptors (Lipinski definition) is 3. The molecule has 1 fully saturated rings. The summed E-state index contributed by atoms with van der Waals surface area (Å²) < 4.78 is 27.0. The van der Waals surface area contributed by atoms with Crippen molar-refractivity contribution >= 4 is 39.1 Å². The van der Waals surface area contributed by atoms with Crippen molar-refractivity contribution in [2.24, 2.45) is 11.8 Å². The van der Waals surface area contributed by atoms with Crippen molar-refractivity contribution in [3.63, 3.8) is 0 Å². The fraction of sp³-hybridized carbons (Fsp3) is 0.588. The van der Waals surface area contributed by atoms with Gasteiger partial charge < -0.3 is 5.32 Å². The highest BCUT2D eigenvalue weighted by Crippen LogP contribution is 2.33. The highest BCUT2D eigenvalue weighted by Gasteiger charge is 2.34. The number of hydrogen-bond donors (Lipinski definition) is 1. The first-order valence-electron chi connectivity index (χ1n) is 8.39. The number of sulfonamides is 1. The second kappa shape index (κ2) is 8.25. The minimum atomic E-state index is -3.77. The lowest BCUT2D eigenvalue weighted by Gasteiger charge is -2.32. The van der Waals surface area contributed by atoms with Gasteiger partial charge >= 0.3 is 0 Å². The van der Waals surface area contributed by atoms with Gasteiger partial charge in [0.25, 0.3) is 0 Å². The quantitative estimate of drug-likeness (QED) is 0.812. The maximum atomic E-state index is 12.8. The van der Waals surface area contributed by atoms with Crippen LogP contribution < -0.4 is 5.32 Å². The molecule has 0 radical (unpaired) electrons. The minimum absolute atomic E-state index is 0.00553. The highest BCUT2D eigenvalue weighted by atomic mass is 35.5. The molecule has 1 atom stereocenters. The molecular weight excluding hydrogens is 383 g/mol. The van der Waals surface area contributed by atoms with E-state index in [0.29, 0.717) is 18.8 Å². The van der Waals surface area contributed by atoms with E-state index in [4.69, 9.17) is 23.2 Å². The highest BCUT2D eigenvalue weighted by molar-refractivity contribution is 7.89. The topological polar surface area (TPSA) is 66.5 Å². The van der Waals surface area contributed by atoms with E-state index in [9.17, 15) is 13.2 Å². The molecule has 8 heteroatoms. The summed E-state index contributed by atoms with van der Waals surface area (Å²) in [6.45, 7) is 6.62. The van der Waals surface area contributed by atoms with Gasteiger partial charge in [-0.1, -0.05) is 43.1 Å². The molecule has 0 bridgehead atoms. The Bertz CT molecular complexity index is 709. The van der Waals surface area contributed by atoms with Crippen molar-refractivity contribution in [1.82, 2.24) is 9.62 Å². The largest absolute Gasteiger partial charge is 0.353 e. The van der Waals surface area contributed by atoms with Crippen LogP contribution >= 0.6 is 23.2 Å². The predicted octanol–water partition coefficient (Wildman–Crippen LogP) is 3.55. The summed E-state index contributed by atoms with van der Waals surface area (Å²) in [5, 5.41) is 3.22. The van der Waals surface area contributed by atoms with Gasteiger partial charge in [0.05, 0.1) is 10.0 Å². The third-order valence-corrected chi connectivity index (χ3v) is 7.57. The second-order valence-electron chi connectivity index (χ2n) is 6.77. The van der Waals surface area contributed by atoms with Crippen LogP contribution in [0.25, 0.3) is 0 Å². The van der Waals surface area contributed by atoms with Gasteiger partial charge in [-0.3, -0.25) is 4.79 Å². The van der Waals surface area contributed by atoms with Crippen LogP contribution in [0.1, 0.15) is 33.6 Å². The first-order valence-corrected chi connectivity index (χ1v) is 10.6. The molecule has 1 N–H and O–H groups in total. The SMILES string of the molecule is CC(C)C(C)NC(=O)C1CCN(S(=O)(=O)c2c(Cl)cccc2Cl)CC1. The number of piperidine rings is 1. The minimum Gasteiger partial charge on any atom is -0.353 e. The average molecular weight is 407 g/mol. The van der Waals surface area contributed by atoms with Gasteiger partial charge in [0.15, 0.2) is 0 Å². The van der Waals surface area contributed by atoms with Crippen molar-refractivity contribution in [1.29, 1.82) is 0 Å². The third kappa shape index (κ3) is 4.67. The Labute approximate surface area is 159 Å². The van der Waals surface area contributed by atoms with Crippen LogP contribution in [0.3, 0.4) is 0 Å². The standard InChI is InChI=1S/C17H24Cl2N2O3S/c1-11(2)12(3)20-17(22)13-7-9-21(10-8-13)25(23,24)16-14(18)5-4-6-15(16)19/h4-6,11-13H,7-10H2,1-3H3,(H,20,22). The Balaban J connectivity index is 2.06. The summed E-state index contributed by atoms with van der Waals surface area (Å²) in [4.78, 5) is 12.3. The molecule has 0 spiro atoms. The van der Waals surface area contributed by atoms with E-state index in [1.165, 1.54) is 16.4 Å². The molecule has 1 aliphatic rings. The van der Waals surface area contributed by atoms with Crippen LogP contribution in [-0.2, 0) is 14.8 Å². The van der Waals surface area contributed by atoms with E-state index >= 15 is 0 Å². The Morgan fingerprint density at radius 2 is 1.68 bits per heavy atom. The molecule has 2 rings (SSSR count). The van der Waals surface area contributed by atoms with Gasteiger partial charge in [-0.2, -0.15) is 4.31 Å². The van der Waals surface area contributed by atoms with E-state index < -0.39 is 10.0 Å². The Hall–Kier alpha value is -0.820. The number of halogens is 2. The molecule has 1 unspecified atom stereocenters. The van der Waals surface area contributed by atoms with Crippen LogP contribution in [0, 0.1) is 11.8 Å². The van der Waals surface area contributed by atoms with E-state index in [0.717, 1.165) is 0 Å². The zero-order chi connectivity index (χ0) is 18.8. The number of benzene rings is 1. The van der Waals surface area contributed by atoms with Crippen LogP contribution in [0.4, 0.5) is 0 Å². The third-order valence-electron chi connectivity index (χ3n) is 4.71. The fourth-order valence-electron chi connectivity index (χ4n) is 2.73. The van der Waals surface area contributed by atoms with Gasteiger partial charge in [0, 0.05) is 25.0 Å². The van der Waals surface area contributed by atoms with E-state index in [-0.39, 0.29) is 45.9 Å². The first-order chi connectivity index (χ1) is 11.6. The van der Waals surface area contributed by atoms with Gasteiger partial charge in [-0.25, -0.2) is 8.42 Å². The van der Waals surface area contributed by atoms with Crippen molar-refractivity contribution in [2.45, 2.75) is 44.6 Å². The molecule has 1 aromatic carbocycles. The smallest absolute Gasteiger partial charge is 0.246 e. The van der Waals surface area contributed by atoms with Crippen LogP contribution in [0.5, 0.6) is 0 Å². The van der Waals surface area contributed by atoms with E-state index in [1.807, 2.05) is 20.8 Å². The zero-order valence-electron chi connectivity index (χ0n) is 14.6. The van der Waals surface area contributed by atoms with Crippen molar-refractivity contribution in [3.8, 4) is 0 Å². The average Bonchev–Trinajstić information content (AvgIpc) is 2.54. The molecule has 5 nitrogen and oxygen atoms in total. The summed E-state index contributed by atoms with van der Waals surface area (Å²) in [5.74, 6) is 0.176. The Kier molecular flexibility index (Phi) is 6.76. The second-order valence-corrected chi connectivity index (χ2v) is 9.46. The molecule has 1 saturated heterocycles. The maximum absolute atomic E-state index is 12.8. The lowest BCUT2D eigenvalue weighted by molar-refractivity contribution is -0.127. The lowest BCUT2D eigenvalue weighted by Crippen LogP contribution is -2.45. The van der Waals surface area contributed by atoms with E-state index in [2.05, 4.69) is 5.32 Å². The fourth-order valence-corrected chi connectivity index (χ4v) is 5.29.